The molecule has 6 heteroatoms. The molecule has 0 aliphatic heterocycles. The number of aromatic nitrogens is 3. The van der Waals surface area contributed by atoms with E-state index in [4.69, 9.17) is 5.11 Å². The SMILES string of the molecule is CN(C)c1cccc(-n2cc(CC(=O)O)cn2)n1. The van der Waals surface area contributed by atoms with Crippen LogP contribution in [-0.4, -0.2) is 39.9 Å². The van der Waals surface area contributed by atoms with Crippen LogP contribution in [0.3, 0.4) is 0 Å². The monoisotopic (exact) mass is 246 g/mol. The molecule has 2 heterocycles. The molecule has 0 aliphatic rings. The molecule has 2 aromatic heterocycles. The zero-order chi connectivity index (χ0) is 13.1. The number of hydrogen-bond donors (Lipinski definition) is 1. The van der Waals surface area contributed by atoms with Crippen molar-refractivity contribution in [3.05, 3.63) is 36.2 Å². The van der Waals surface area contributed by atoms with E-state index in [2.05, 4.69) is 10.1 Å². The van der Waals surface area contributed by atoms with Gasteiger partial charge < -0.3 is 10.0 Å². The third kappa shape index (κ3) is 2.65. The lowest BCUT2D eigenvalue weighted by Crippen LogP contribution is -2.11. The molecule has 0 unspecified atom stereocenters. The largest absolute Gasteiger partial charge is 0.481 e. The van der Waals surface area contributed by atoms with E-state index in [1.807, 2.05) is 37.2 Å². The highest BCUT2D eigenvalue weighted by Crippen LogP contribution is 2.11. The highest BCUT2D eigenvalue weighted by atomic mass is 16.4. The van der Waals surface area contributed by atoms with Crippen molar-refractivity contribution in [1.82, 2.24) is 14.8 Å². The Morgan fingerprint density at radius 3 is 2.89 bits per heavy atom. The van der Waals surface area contributed by atoms with Gasteiger partial charge >= 0.3 is 5.97 Å². The van der Waals surface area contributed by atoms with Crippen LogP contribution in [0.5, 0.6) is 0 Å². The third-order valence-corrected chi connectivity index (χ3v) is 2.40. The van der Waals surface area contributed by atoms with Crippen molar-refractivity contribution >= 4 is 11.8 Å². The van der Waals surface area contributed by atoms with E-state index in [-0.39, 0.29) is 6.42 Å². The fourth-order valence-corrected chi connectivity index (χ4v) is 1.54. The molecule has 94 valence electrons. The molecule has 2 rings (SSSR count). The van der Waals surface area contributed by atoms with Gasteiger partial charge in [-0.2, -0.15) is 5.10 Å². The summed E-state index contributed by atoms with van der Waals surface area (Å²) >= 11 is 0. The molecule has 0 bridgehead atoms. The highest BCUT2D eigenvalue weighted by Gasteiger charge is 2.06. The second-order valence-corrected chi connectivity index (χ2v) is 4.11. The molecule has 6 nitrogen and oxygen atoms in total. The first-order chi connectivity index (χ1) is 8.56. The number of rotatable bonds is 4. The molecule has 0 fully saturated rings. The van der Waals surface area contributed by atoms with Gasteiger partial charge in [0.2, 0.25) is 0 Å². The lowest BCUT2D eigenvalue weighted by Gasteiger charge is -2.11. The van der Waals surface area contributed by atoms with E-state index in [0.29, 0.717) is 11.4 Å². The van der Waals surface area contributed by atoms with Crippen molar-refractivity contribution in [2.75, 3.05) is 19.0 Å². The normalized spacial score (nSPS) is 10.3. The Labute approximate surface area is 104 Å². The average Bonchev–Trinajstić information content (AvgIpc) is 2.77. The standard InChI is InChI=1S/C12H14N4O2/c1-15(2)10-4-3-5-11(14-10)16-8-9(7-13-16)6-12(17)18/h3-5,7-8H,6H2,1-2H3,(H,17,18). The zero-order valence-electron chi connectivity index (χ0n) is 10.2. The summed E-state index contributed by atoms with van der Waals surface area (Å²) in [5, 5.41) is 12.8. The van der Waals surface area contributed by atoms with Crippen molar-refractivity contribution in [3.8, 4) is 5.82 Å². The van der Waals surface area contributed by atoms with Gasteiger partial charge in [0, 0.05) is 25.9 Å². The number of anilines is 1. The fraction of sp³-hybridized carbons (Fsp3) is 0.250. The predicted octanol–water partition coefficient (Wildman–Crippen LogP) is 0.960. The summed E-state index contributed by atoms with van der Waals surface area (Å²) in [5.74, 6) is 0.616. The first-order valence-corrected chi connectivity index (χ1v) is 5.46. The maximum absolute atomic E-state index is 10.6. The Morgan fingerprint density at radius 2 is 2.22 bits per heavy atom. The van der Waals surface area contributed by atoms with Crippen LogP contribution in [0.1, 0.15) is 5.56 Å². The predicted molar refractivity (Wildman–Crippen MR) is 67.0 cm³/mol. The molecule has 0 saturated carbocycles. The third-order valence-electron chi connectivity index (χ3n) is 2.40. The van der Waals surface area contributed by atoms with E-state index in [0.717, 1.165) is 5.82 Å². The molecular weight excluding hydrogens is 232 g/mol. The molecular formula is C12H14N4O2. The summed E-state index contributed by atoms with van der Waals surface area (Å²) in [5.41, 5.74) is 0.652. The maximum Gasteiger partial charge on any atom is 0.307 e. The molecule has 0 aromatic carbocycles. The smallest absolute Gasteiger partial charge is 0.307 e. The van der Waals surface area contributed by atoms with Gasteiger partial charge in [0.15, 0.2) is 5.82 Å². The number of aliphatic carboxylic acids is 1. The molecule has 0 saturated heterocycles. The summed E-state index contributed by atoms with van der Waals surface area (Å²) in [6, 6.07) is 5.60. The Balaban J connectivity index is 2.28. The number of carbonyl (C=O) groups is 1. The minimum Gasteiger partial charge on any atom is -0.481 e. The summed E-state index contributed by atoms with van der Waals surface area (Å²) in [6.07, 6.45) is 3.18. The molecule has 1 N–H and O–H groups in total. The van der Waals surface area contributed by atoms with E-state index in [1.165, 1.54) is 6.20 Å². The topological polar surface area (TPSA) is 71.2 Å². The van der Waals surface area contributed by atoms with Crippen LogP contribution in [0.4, 0.5) is 5.82 Å². The summed E-state index contributed by atoms with van der Waals surface area (Å²) in [4.78, 5) is 16.9. The van der Waals surface area contributed by atoms with Gasteiger partial charge in [0.1, 0.15) is 5.82 Å². The van der Waals surface area contributed by atoms with Crippen molar-refractivity contribution in [1.29, 1.82) is 0 Å². The average molecular weight is 246 g/mol. The number of carboxylic acid groups (broad SMARTS) is 1. The van der Waals surface area contributed by atoms with Crippen LogP contribution in [0.25, 0.3) is 5.82 Å². The Bertz CT molecular complexity index is 563. The summed E-state index contributed by atoms with van der Waals surface area (Å²) < 4.78 is 1.57. The zero-order valence-corrected chi connectivity index (χ0v) is 10.2. The Morgan fingerprint density at radius 1 is 1.44 bits per heavy atom. The number of hydrogen-bond acceptors (Lipinski definition) is 4. The number of pyridine rings is 1. The van der Waals surface area contributed by atoms with Gasteiger partial charge in [-0.05, 0) is 12.1 Å². The highest BCUT2D eigenvalue weighted by molar-refractivity contribution is 5.69. The minimum absolute atomic E-state index is 0.0344. The van der Waals surface area contributed by atoms with Crippen LogP contribution >= 0.6 is 0 Å². The number of carboxylic acids is 1. The number of nitrogens with zero attached hydrogens (tertiary/aromatic N) is 4. The second kappa shape index (κ2) is 4.87. The van der Waals surface area contributed by atoms with Crippen LogP contribution in [0, 0.1) is 0 Å². The first-order valence-electron chi connectivity index (χ1n) is 5.46. The van der Waals surface area contributed by atoms with Gasteiger partial charge in [0.25, 0.3) is 0 Å². The Hall–Kier alpha value is -2.37. The van der Waals surface area contributed by atoms with E-state index in [1.54, 1.807) is 10.9 Å². The van der Waals surface area contributed by atoms with Gasteiger partial charge in [0.05, 0.1) is 12.6 Å². The van der Waals surface area contributed by atoms with E-state index >= 15 is 0 Å². The molecule has 0 atom stereocenters. The van der Waals surface area contributed by atoms with Gasteiger partial charge in [-0.15, -0.1) is 0 Å². The Kier molecular flexibility index (Phi) is 3.27. The first kappa shape index (κ1) is 12.1. The molecule has 0 aliphatic carbocycles. The lowest BCUT2D eigenvalue weighted by atomic mass is 10.3. The van der Waals surface area contributed by atoms with Crippen molar-refractivity contribution in [2.24, 2.45) is 0 Å². The second-order valence-electron chi connectivity index (χ2n) is 4.11. The quantitative estimate of drug-likeness (QED) is 0.870. The van der Waals surface area contributed by atoms with Crippen molar-refractivity contribution < 1.29 is 9.90 Å². The van der Waals surface area contributed by atoms with Gasteiger partial charge in [-0.25, -0.2) is 9.67 Å². The van der Waals surface area contributed by atoms with Crippen molar-refractivity contribution in [2.45, 2.75) is 6.42 Å². The molecule has 2 aromatic rings. The van der Waals surface area contributed by atoms with E-state index < -0.39 is 5.97 Å². The fourth-order valence-electron chi connectivity index (χ4n) is 1.54. The molecule has 18 heavy (non-hydrogen) atoms. The lowest BCUT2D eigenvalue weighted by molar-refractivity contribution is -0.136. The van der Waals surface area contributed by atoms with E-state index in [9.17, 15) is 4.79 Å². The van der Waals surface area contributed by atoms with Crippen molar-refractivity contribution in [3.63, 3.8) is 0 Å². The van der Waals surface area contributed by atoms with Crippen LogP contribution in [-0.2, 0) is 11.2 Å². The van der Waals surface area contributed by atoms with Crippen LogP contribution in [0.15, 0.2) is 30.6 Å². The molecule has 0 radical (unpaired) electrons. The molecule has 0 amide bonds. The molecule has 0 spiro atoms. The van der Waals surface area contributed by atoms with Gasteiger partial charge in [-0.1, -0.05) is 6.07 Å². The maximum atomic E-state index is 10.6. The van der Waals surface area contributed by atoms with Crippen LogP contribution in [0.2, 0.25) is 0 Å². The van der Waals surface area contributed by atoms with Gasteiger partial charge in [-0.3, -0.25) is 4.79 Å². The minimum atomic E-state index is -0.871. The summed E-state index contributed by atoms with van der Waals surface area (Å²) in [7, 11) is 3.82. The summed E-state index contributed by atoms with van der Waals surface area (Å²) in [6.45, 7) is 0. The van der Waals surface area contributed by atoms with Crippen LogP contribution < -0.4 is 4.90 Å².